The Morgan fingerprint density at radius 3 is 2.96 bits per heavy atom. The van der Waals surface area contributed by atoms with Crippen molar-refractivity contribution in [1.29, 1.82) is 0 Å². The van der Waals surface area contributed by atoms with E-state index in [1.54, 1.807) is 29.1 Å². The first-order valence-corrected chi connectivity index (χ1v) is 9.83. The van der Waals surface area contributed by atoms with E-state index in [9.17, 15) is 8.42 Å². The van der Waals surface area contributed by atoms with Crippen LogP contribution in [0.15, 0.2) is 35.5 Å². The summed E-state index contributed by atoms with van der Waals surface area (Å²) < 4.78 is 41.5. The third-order valence-corrected chi connectivity index (χ3v) is 6.12. The number of hydrogen-bond donors (Lipinski definition) is 1. The van der Waals surface area contributed by atoms with Crippen molar-refractivity contribution >= 4 is 10.0 Å². The number of aromatic nitrogens is 2. The first kappa shape index (κ1) is 16.6. The average molecular weight is 363 g/mol. The molecule has 1 saturated heterocycles. The summed E-state index contributed by atoms with van der Waals surface area (Å²) in [6.45, 7) is 2.49. The van der Waals surface area contributed by atoms with Crippen molar-refractivity contribution in [2.24, 2.45) is 7.05 Å². The predicted molar refractivity (Wildman–Crippen MR) is 90.9 cm³/mol. The van der Waals surface area contributed by atoms with E-state index in [-0.39, 0.29) is 23.1 Å². The summed E-state index contributed by atoms with van der Waals surface area (Å²) >= 11 is 0. The molecule has 2 aliphatic heterocycles. The van der Waals surface area contributed by atoms with Crippen LogP contribution in [-0.2, 0) is 28.2 Å². The van der Waals surface area contributed by atoms with Crippen LogP contribution in [0, 0.1) is 0 Å². The number of nitrogens with one attached hydrogen (secondary N) is 1. The lowest BCUT2D eigenvalue weighted by molar-refractivity contribution is 0.102. The van der Waals surface area contributed by atoms with Gasteiger partial charge in [-0.15, -0.1) is 0 Å². The van der Waals surface area contributed by atoms with Crippen LogP contribution >= 0.6 is 0 Å². The molecule has 0 aliphatic carbocycles. The highest BCUT2D eigenvalue weighted by Crippen LogP contribution is 2.32. The third-order valence-electron chi connectivity index (χ3n) is 4.63. The van der Waals surface area contributed by atoms with Crippen molar-refractivity contribution < 1.29 is 17.9 Å². The van der Waals surface area contributed by atoms with Gasteiger partial charge < -0.3 is 9.47 Å². The van der Waals surface area contributed by atoms with Crippen molar-refractivity contribution in [2.45, 2.75) is 42.9 Å². The molecule has 3 atom stereocenters. The maximum Gasteiger partial charge on any atom is 0.240 e. The summed E-state index contributed by atoms with van der Waals surface area (Å²) in [5, 5.41) is 4.14. The summed E-state index contributed by atoms with van der Waals surface area (Å²) in [4.78, 5) is 0.265. The Morgan fingerprint density at radius 1 is 1.36 bits per heavy atom. The van der Waals surface area contributed by atoms with E-state index >= 15 is 0 Å². The first-order valence-electron chi connectivity index (χ1n) is 8.34. The zero-order chi connectivity index (χ0) is 17.6. The van der Waals surface area contributed by atoms with Crippen LogP contribution in [0.25, 0.3) is 0 Å². The fourth-order valence-corrected chi connectivity index (χ4v) is 4.78. The second-order valence-electron chi connectivity index (χ2n) is 6.66. The van der Waals surface area contributed by atoms with Crippen molar-refractivity contribution in [1.82, 2.24) is 14.5 Å². The summed E-state index contributed by atoms with van der Waals surface area (Å²) in [7, 11) is -1.80. The minimum Gasteiger partial charge on any atom is -0.490 e. The number of aryl methyl sites for hydroxylation is 1. The van der Waals surface area contributed by atoms with Crippen molar-refractivity contribution in [3.63, 3.8) is 0 Å². The second-order valence-corrected chi connectivity index (χ2v) is 8.37. The smallest absolute Gasteiger partial charge is 0.240 e. The topological polar surface area (TPSA) is 82.5 Å². The number of benzene rings is 1. The number of ether oxygens (including phenoxy) is 2. The third kappa shape index (κ3) is 3.17. The Labute approximate surface area is 147 Å². The lowest BCUT2D eigenvalue weighted by atomic mass is 10.1. The molecule has 7 nitrogen and oxygen atoms in total. The van der Waals surface area contributed by atoms with E-state index in [0.717, 1.165) is 23.3 Å². The monoisotopic (exact) mass is 363 g/mol. The molecule has 2 aromatic rings. The quantitative estimate of drug-likeness (QED) is 0.891. The van der Waals surface area contributed by atoms with Gasteiger partial charge in [-0.2, -0.15) is 5.10 Å². The summed E-state index contributed by atoms with van der Waals surface area (Å²) in [6.07, 6.45) is 4.69. The first-order chi connectivity index (χ1) is 11.9. The fourth-order valence-electron chi connectivity index (χ4n) is 3.46. The van der Waals surface area contributed by atoms with Crippen LogP contribution < -0.4 is 9.46 Å². The molecule has 0 saturated carbocycles. The molecular formula is C17H21N3O4S. The Kier molecular flexibility index (Phi) is 4.05. The molecule has 8 heteroatoms. The molecule has 3 heterocycles. The SMILES string of the molecule is C[C@H]1Cc2cc(S(=O)(=O)N[C@H]3CCO[C@@H]3c3cnn(C)c3)ccc2O1. The van der Waals surface area contributed by atoms with Gasteiger partial charge in [-0.05, 0) is 37.1 Å². The molecule has 0 radical (unpaired) electrons. The zero-order valence-electron chi connectivity index (χ0n) is 14.2. The zero-order valence-corrected chi connectivity index (χ0v) is 15.0. The van der Waals surface area contributed by atoms with Gasteiger partial charge in [0.2, 0.25) is 10.0 Å². The molecule has 1 N–H and O–H groups in total. The highest BCUT2D eigenvalue weighted by molar-refractivity contribution is 7.89. The molecule has 0 amide bonds. The van der Waals surface area contributed by atoms with Gasteiger partial charge in [-0.1, -0.05) is 0 Å². The highest BCUT2D eigenvalue weighted by Gasteiger charge is 2.34. The van der Waals surface area contributed by atoms with Gasteiger partial charge in [0.1, 0.15) is 18.0 Å². The predicted octanol–water partition coefficient (Wildman–Crippen LogP) is 1.55. The highest BCUT2D eigenvalue weighted by atomic mass is 32.2. The molecule has 2 aliphatic rings. The minimum absolute atomic E-state index is 0.0825. The summed E-state index contributed by atoms with van der Waals surface area (Å²) in [5.41, 5.74) is 1.81. The van der Waals surface area contributed by atoms with E-state index in [1.807, 2.05) is 20.2 Å². The Hall–Kier alpha value is -1.90. The standard InChI is InChI=1S/C17H21N3O4S/c1-11-7-12-8-14(3-4-16(12)24-11)25(21,22)19-15-5-6-23-17(15)13-9-18-20(2)10-13/h3-4,8-11,15,17,19H,5-7H2,1-2H3/t11-,15-,17+/m0/s1. The molecule has 0 spiro atoms. The van der Waals surface area contributed by atoms with Gasteiger partial charge in [0.15, 0.2) is 0 Å². The lowest BCUT2D eigenvalue weighted by Gasteiger charge is -2.19. The summed E-state index contributed by atoms with van der Waals surface area (Å²) in [6, 6.07) is 4.72. The molecule has 25 heavy (non-hydrogen) atoms. The largest absolute Gasteiger partial charge is 0.490 e. The summed E-state index contributed by atoms with van der Waals surface area (Å²) in [5.74, 6) is 0.767. The van der Waals surface area contributed by atoms with Crippen molar-refractivity contribution in [3.05, 3.63) is 41.7 Å². The second kappa shape index (κ2) is 6.12. The minimum atomic E-state index is -3.63. The van der Waals surface area contributed by atoms with Gasteiger partial charge >= 0.3 is 0 Å². The van der Waals surface area contributed by atoms with Gasteiger partial charge in [-0.25, -0.2) is 13.1 Å². The molecule has 0 bridgehead atoms. The van der Waals surface area contributed by atoms with Crippen molar-refractivity contribution in [3.8, 4) is 5.75 Å². The van der Waals surface area contributed by atoms with E-state index < -0.39 is 10.0 Å². The van der Waals surface area contributed by atoms with Gasteiger partial charge in [0.25, 0.3) is 0 Å². The molecule has 4 rings (SSSR count). The number of rotatable bonds is 4. The van der Waals surface area contributed by atoms with E-state index in [1.165, 1.54) is 0 Å². The maximum absolute atomic E-state index is 12.8. The van der Waals surface area contributed by atoms with Gasteiger partial charge in [-0.3, -0.25) is 4.68 Å². The molecule has 0 unspecified atom stereocenters. The Balaban J connectivity index is 1.56. The number of fused-ring (bicyclic) bond motifs is 1. The Morgan fingerprint density at radius 2 is 2.20 bits per heavy atom. The fraction of sp³-hybridized carbons (Fsp3) is 0.471. The van der Waals surface area contributed by atoms with E-state index in [4.69, 9.17) is 9.47 Å². The molecule has 1 aromatic carbocycles. The van der Waals surface area contributed by atoms with E-state index in [0.29, 0.717) is 13.0 Å². The molecule has 134 valence electrons. The van der Waals surface area contributed by atoms with Crippen LogP contribution in [0.3, 0.4) is 0 Å². The maximum atomic E-state index is 12.8. The van der Waals surface area contributed by atoms with Crippen LogP contribution in [-0.4, -0.2) is 37.0 Å². The Bertz CT molecular complexity index is 893. The van der Waals surface area contributed by atoms with Crippen LogP contribution in [0.5, 0.6) is 5.75 Å². The number of hydrogen-bond acceptors (Lipinski definition) is 5. The normalized spacial score (nSPS) is 25.8. The van der Waals surface area contributed by atoms with Crippen LogP contribution in [0.4, 0.5) is 0 Å². The number of nitrogens with zero attached hydrogens (tertiary/aromatic N) is 2. The lowest BCUT2D eigenvalue weighted by Crippen LogP contribution is -2.36. The van der Waals surface area contributed by atoms with E-state index in [2.05, 4.69) is 9.82 Å². The van der Waals surface area contributed by atoms with Gasteiger partial charge in [0.05, 0.1) is 17.1 Å². The molecule has 1 aromatic heterocycles. The van der Waals surface area contributed by atoms with Crippen LogP contribution in [0.2, 0.25) is 0 Å². The number of sulfonamides is 1. The van der Waals surface area contributed by atoms with Crippen molar-refractivity contribution in [2.75, 3.05) is 6.61 Å². The van der Waals surface area contributed by atoms with Crippen LogP contribution in [0.1, 0.15) is 30.6 Å². The van der Waals surface area contributed by atoms with Gasteiger partial charge in [0, 0.05) is 31.8 Å². The molecular weight excluding hydrogens is 342 g/mol. The molecule has 1 fully saturated rings. The average Bonchev–Trinajstić information content (AvgIpc) is 3.24.